The zero-order valence-electron chi connectivity index (χ0n) is 11.4. The van der Waals surface area contributed by atoms with Gasteiger partial charge in [0.2, 0.25) is 0 Å². The molecule has 2 aromatic heterocycles. The van der Waals surface area contributed by atoms with E-state index in [0.29, 0.717) is 0 Å². The van der Waals surface area contributed by atoms with Gasteiger partial charge in [-0.15, -0.1) is 0 Å². The van der Waals surface area contributed by atoms with Crippen molar-refractivity contribution in [3.8, 4) is 11.5 Å². The molecule has 2 heterocycles. The third kappa shape index (κ3) is 2.34. The number of aromatic nitrogens is 4. The Morgan fingerprint density at radius 2 is 2.06 bits per heavy atom. The minimum Gasteiger partial charge on any atom is -0.370 e. The molecule has 0 spiro atoms. The number of aryl methyl sites for hydroxylation is 2. The van der Waals surface area contributed by atoms with Gasteiger partial charge in [-0.05, 0) is 20.3 Å². The summed E-state index contributed by atoms with van der Waals surface area (Å²) in [5.41, 5.74) is 1.94. The quantitative estimate of drug-likeness (QED) is 0.898. The van der Waals surface area contributed by atoms with Crippen LogP contribution in [0.5, 0.6) is 0 Å². The molecule has 18 heavy (non-hydrogen) atoms. The van der Waals surface area contributed by atoms with Crippen molar-refractivity contribution in [1.29, 1.82) is 0 Å². The van der Waals surface area contributed by atoms with E-state index >= 15 is 0 Å². The van der Waals surface area contributed by atoms with Gasteiger partial charge in [-0.1, -0.05) is 6.92 Å². The summed E-state index contributed by atoms with van der Waals surface area (Å²) in [6, 6.07) is 0. The maximum absolute atomic E-state index is 4.51. The number of anilines is 1. The van der Waals surface area contributed by atoms with E-state index in [1.54, 1.807) is 6.20 Å². The number of hydrogen-bond donors (Lipinski definition) is 1. The average molecular weight is 245 g/mol. The van der Waals surface area contributed by atoms with Gasteiger partial charge in [0.15, 0.2) is 5.82 Å². The summed E-state index contributed by atoms with van der Waals surface area (Å²) in [5.74, 6) is 2.54. The van der Waals surface area contributed by atoms with Crippen molar-refractivity contribution in [3.63, 3.8) is 0 Å². The average Bonchev–Trinajstić information content (AvgIpc) is 2.76. The summed E-state index contributed by atoms with van der Waals surface area (Å²) in [4.78, 5) is 13.3. The fraction of sp³-hybridized carbons (Fsp3) is 0.462. The van der Waals surface area contributed by atoms with Crippen molar-refractivity contribution >= 4 is 5.82 Å². The van der Waals surface area contributed by atoms with E-state index in [1.807, 2.05) is 31.7 Å². The summed E-state index contributed by atoms with van der Waals surface area (Å²) in [5, 5.41) is 3.34. The summed E-state index contributed by atoms with van der Waals surface area (Å²) in [6.07, 6.45) is 4.77. The smallest absolute Gasteiger partial charge is 0.158 e. The van der Waals surface area contributed by atoms with Gasteiger partial charge in [0.05, 0.1) is 0 Å². The highest BCUT2D eigenvalue weighted by atomic mass is 15.1. The van der Waals surface area contributed by atoms with Gasteiger partial charge in [0, 0.05) is 31.5 Å². The molecule has 5 heteroatoms. The first-order chi connectivity index (χ1) is 8.63. The fourth-order valence-electron chi connectivity index (χ4n) is 1.86. The predicted molar refractivity (Wildman–Crippen MR) is 72.5 cm³/mol. The van der Waals surface area contributed by atoms with Crippen molar-refractivity contribution in [2.45, 2.75) is 27.2 Å². The highest BCUT2D eigenvalue weighted by Gasteiger charge is 2.13. The lowest BCUT2D eigenvalue weighted by atomic mass is 10.2. The molecule has 0 saturated carbocycles. The molecule has 0 aliphatic rings. The van der Waals surface area contributed by atoms with Crippen LogP contribution >= 0.6 is 0 Å². The van der Waals surface area contributed by atoms with Crippen LogP contribution < -0.4 is 5.32 Å². The standard InChI is InChI=1S/C13H19N5/c1-5-6-14-12-9(2)11(16-10(3)17-12)13-15-7-8-18(13)4/h7-8H,5-6H2,1-4H3,(H,14,16,17). The monoisotopic (exact) mass is 245 g/mol. The summed E-state index contributed by atoms with van der Waals surface area (Å²) in [6.45, 7) is 6.98. The molecule has 2 rings (SSSR count). The molecule has 0 aliphatic carbocycles. The topological polar surface area (TPSA) is 55.6 Å². The van der Waals surface area contributed by atoms with Gasteiger partial charge < -0.3 is 9.88 Å². The van der Waals surface area contributed by atoms with E-state index in [1.165, 1.54) is 0 Å². The van der Waals surface area contributed by atoms with Crippen LogP contribution in [0.3, 0.4) is 0 Å². The van der Waals surface area contributed by atoms with Crippen LogP contribution in [0.1, 0.15) is 24.7 Å². The molecule has 2 aromatic rings. The van der Waals surface area contributed by atoms with E-state index in [-0.39, 0.29) is 0 Å². The second-order valence-electron chi connectivity index (χ2n) is 4.38. The number of rotatable bonds is 4. The number of imidazole rings is 1. The molecule has 0 saturated heterocycles. The van der Waals surface area contributed by atoms with Crippen LogP contribution in [0.2, 0.25) is 0 Å². The highest BCUT2D eigenvalue weighted by molar-refractivity contribution is 5.63. The van der Waals surface area contributed by atoms with Crippen LogP contribution in [0.15, 0.2) is 12.4 Å². The summed E-state index contributed by atoms with van der Waals surface area (Å²) >= 11 is 0. The molecule has 0 amide bonds. The third-order valence-corrected chi connectivity index (χ3v) is 2.83. The van der Waals surface area contributed by atoms with Crippen LogP contribution in [-0.4, -0.2) is 26.1 Å². The zero-order valence-corrected chi connectivity index (χ0v) is 11.4. The van der Waals surface area contributed by atoms with E-state index in [0.717, 1.165) is 41.7 Å². The molecule has 5 nitrogen and oxygen atoms in total. The molecular weight excluding hydrogens is 226 g/mol. The minimum absolute atomic E-state index is 0.761. The van der Waals surface area contributed by atoms with Gasteiger partial charge in [0.1, 0.15) is 17.3 Å². The van der Waals surface area contributed by atoms with Crippen LogP contribution in [0, 0.1) is 13.8 Å². The maximum Gasteiger partial charge on any atom is 0.158 e. The first kappa shape index (κ1) is 12.5. The Balaban J connectivity index is 2.48. The number of nitrogens with one attached hydrogen (secondary N) is 1. The normalized spacial score (nSPS) is 10.7. The van der Waals surface area contributed by atoms with E-state index < -0.39 is 0 Å². The lowest BCUT2D eigenvalue weighted by molar-refractivity contribution is 0.901. The van der Waals surface area contributed by atoms with Crippen LogP contribution in [-0.2, 0) is 7.05 Å². The van der Waals surface area contributed by atoms with Gasteiger partial charge in [-0.2, -0.15) is 0 Å². The SMILES string of the molecule is CCCNc1nc(C)nc(-c2nccn2C)c1C. The first-order valence-corrected chi connectivity index (χ1v) is 6.20. The maximum atomic E-state index is 4.51. The lowest BCUT2D eigenvalue weighted by Crippen LogP contribution is -2.08. The number of hydrogen-bond acceptors (Lipinski definition) is 4. The van der Waals surface area contributed by atoms with Crippen LogP contribution in [0.4, 0.5) is 5.82 Å². The first-order valence-electron chi connectivity index (χ1n) is 6.20. The third-order valence-electron chi connectivity index (χ3n) is 2.83. The summed E-state index contributed by atoms with van der Waals surface area (Å²) in [7, 11) is 1.97. The largest absolute Gasteiger partial charge is 0.370 e. The van der Waals surface area contributed by atoms with Crippen molar-refractivity contribution in [1.82, 2.24) is 19.5 Å². The molecule has 0 aliphatic heterocycles. The van der Waals surface area contributed by atoms with E-state index in [9.17, 15) is 0 Å². The van der Waals surface area contributed by atoms with Crippen LogP contribution in [0.25, 0.3) is 11.5 Å². The molecule has 0 atom stereocenters. The highest BCUT2D eigenvalue weighted by Crippen LogP contribution is 2.23. The van der Waals surface area contributed by atoms with Gasteiger partial charge in [-0.3, -0.25) is 0 Å². The Bertz CT molecular complexity index is 544. The molecule has 0 fully saturated rings. The molecule has 0 bridgehead atoms. The summed E-state index contributed by atoms with van der Waals surface area (Å²) < 4.78 is 1.97. The Hall–Kier alpha value is -1.91. The minimum atomic E-state index is 0.761. The molecule has 1 N–H and O–H groups in total. The van der Waals surface area contributed by atoms with Crippen molar-refractivity contribution in [2.75, 3.05) is 11.9 Å². The van der Waals surface area contributed by atoms with E-state index in [4.69, 9.17) is 0 Å². The Morgan fingerprint density at radius 1 is 1.28 bits per heavy atom. The molecule has 0 unspecified atom stereocenters. The Morgan fingerprint density at radius 3 is 2.67 bits per heavy atom. The Labute approximate surface area is 107 Å². The fourth-order valence-corrected chi connectivity index (χ4v) is 1.86. The molecule has 96 valence electrons. The lowest BCUT2D eigenvalue weighted by Gasteiger charge is -2.12. The van der Waals surface area contributed by atoms with Gasteiger partial charge in [-0.25, -0.2) is 15.0 Å². The van der Waals surface area contributed by atoms with E-state index in [2.05, 4.69) is 27.2 Å². The molecule has 0 radical (unpaired) electrons. The Kier molecular flexibility index (Phi) is 3.60. The second kappa shape index (κ2) is 5.16. The van der Waals surface area contributed by atoms with Gasteiger partial charge >= 0.3 is 0 Å². The molecular formula is C13H19N5. The predicted octanol–water partition coefficient (Wildman–Crippen LogP) is 2.32. The van der Waals surface area contributed by atoms with Crippen molar-refractivity contribution < 1.29 is 0 Å². The second-order valence-corrected chi connectivity index (χ2v) is 4.38. The molecule has 0 aromatic carbocycles. The van der Waals surface area contributed by atoms with Gasteiger partial charge in [0.25, 0.3) is 0 Å². The number of nitrogens with zero attached hydrogens (tertiary/aromatic N) is 4. The van der Waals surface area contributed by atoms with Crippen molar-refractivity contribution in [2.24, 2.45) is 7.05 Å². The zero-order chi connectivity index (χ0) is 13.1. The van der Waals surface area contributed by atoms with Crippen molar-refractivity contribution in [3.05, 3.63) is 23.8 Å².